The molecule has 178 valence electrons. The van der Waals surface area contributed by atoms with E-state index in [2.05, 4.69) is 5.32 Å². The van der Waals surface area contributed by atoms with E-state index < -0.39 is 5.91 Å². The van der Waals surface area contributed by atoms with E-state index in [0.29, 0.717) is 48.9 Å². The van der Waals surface area contributed by atoms with Crippen LogP contribution in [0.1, 0.15) is 11.1 Å². The predicted molar refractivity (Wildman–Crippen MR) is 137 cm³/mol. The Labute approximate surface area is 209 Å². The highest BCUT2D eigenvalue weighted by Crippen LogP contribution is 2.35. The van der Waals surface area contributed by atoms with Crippen LogP contribution in [0.5, 0.6) is 11.5 Å². The molecular weight excluding hydrogens is 452 g/mol. The highest BCUT2D eigenvalue weighted by atomic mass is 16.6. The molecule has 0 fully saturated rings. The first-order chi connectivity index (χ1) is 17.7. The lowest BCUT2D eigenvalue weighted by atomic mass is 10.0. The van der Waals surface area contributed by atoms with Crippen molar-refractivity contribution in [1.29, 1.82) is 5.26 Å². The summed E-state index contributed by atoms with van der Waals surface area (Å²) >= 11 is 0. The van der Waals surface area contributed by atoms with Gasteiger partial charge in [0.15, 0.2) is 11.5 Å². The van der Waals surface area contributed by atoms with Gasteiger partial charge in [-0.1, -0.05) is 48.5 Å². The van der Waals surface area contributed by atoms with Gasteiger partial charge in [-0.15, -0.1) is 0 Å². The van der Waals surface area contributed by atoms with Gasteiger partial charge in [-0.2, -0.15) is 10.4 Å². The molecule has 1 N–H and O–H groups in total. The fraction of sp³-hybridized carbons (Fsp3) is 0.138. The Morgan fingerprint density at radius 2 is 1.72 bits per heavy atom. The summed E-state index contributed by atoms with van der Waals surface area (Å²) in [4.78, 5) is 12.8. The third kappa shape index (κ3) is 5.13. The second kappa shape index (κ2) is 10.6. The number of hydrogen-bond acceptors (Lipinski definition) is 5. The summed E-state index contributed by atoms with van der Waals surface area (Å²) in [5, 5.41) is 17.4. The first-order valence-electron chi connectivity index (χ1n) is 11.7. The van der Waals surface area contributed by atoms with Crippen LogP contribution in [-0.2, 0) is 11.2 Å². The summed E-state index contributed by atoms with van der Waals surface area (Å²) in [5.41, 5.74) is 4.05. The van der Waals surface area contributed by atoms with Crippen LogP contribution in [0.3, 0.4) is 0 Å². The fourth-order valence-electron chi connectivity index (χ4n) is 3.99. The number of ether oxygens (including phenoxy) is 2. The molecule has 1 aromatic heterocycles. The second-order valence-electron chi connectivity index (χ2n) is 8.23. The molecule has 2 heterocycles. The molecule has 36 heavy (non-hydrogen) atoms. The van der Waals surface area contributed by atoms with Crippen molar-refractivity contribution in [2.24, 2.45) is 0 Å². The van der Waals surface area contributed by atoms with Gasteiger partial charge in [-0.3, -0.25) is 4.79 Å². The third-order valence-electron chi connectivity index (χ3n) is 5.79. The van der Waals surface area contributed by atoms with Crippen LogP contribution < -0.4 is 14.8 Å². The molecule has 1 amide bonds. The van der Waals surface area contributed by atoms with Crippen molar-refractivity contribution in [2.75, 3.05) is 19.8 Å². The number of aromatic nitrogens is 2. The van der Waals surface area contributed by atoms with Crippen LogP contribution in [0.25, 0.3) is 23.0 Å². The highest BCUT2D eigenvalue weighted by Gasteiger charge is 2.18. The van der Waals surface area contributed by atoms with Crippen molar-refractivity contribution in [3.05, 3.63) is 102 Å². The van der Waals surface area contributed by atoms with E-state index in [4.69, 9.17) is 14.6 Å². The average molecular weight is 477 g/mol. The molecule has 5 rings (SSSR count). The third-order valence-corrected chi connectivity index (χ3v) is 5.79. The minimum Gasteiger partial charge on any atom is -0.486 e. The first kappa shape index (κ1) is 22.9. The van der Waals surface area contributed by atoms with Gasteiger partial charge in [0.2, 0.25) is 0 Å². The van der Waals surface area contributed by atoms with Crippen LogP contribution >= 0.6 is 0 Å². The summed E-state index contributed by atoms with van der Waals surface area (Å²) < 4.78 is 13.1. The SMILES string of the molecule is N#C/C(=C\c1cn(-c2ccccc2)nc1-c1ccc2c(c1)OCCO2)C(=O)NCCc1ccccc1. The molecule has 0 spiro atoms. The predicted octanol–water partition coefficient (Wildman–Crippen LogP) is 4.58. The van der Waals surface area contributed by atoms with Crippen LogP contribution in [0.2, 0.25) is 0 Å². The van der Waals surface area contributed by atoms with Gasteiger partial charge in [-0.25, -0.2) is 4.68 Å². The standard InChI is InChI=1S/C29H24N4O3/c30-19-23(29(34)31-14-13-21-7-3-1-4-8-21)17-24-20-33(25-9-5-2-6-10-25)32-28(24)22-11-12-26-27(18-22)36-16-15-35-26/h1-12,17-18,20H,13-16H2,(H,31,34)/b23-17+. The quantitative estimate of drug-likeness (QED) is 0.312. The lowest BCUT2D eigenvalue weighted by Gasteiger charge is -2.18. The molecule has 0 bridgehead atoms. The van der Waals surface area contributed by atoms with Crippen LogP contribution in [-0.4, -0.2) is 35.4 Å². The Morgan fingerprint density at radius 1 is 1.00 bits per heavy atom. The zero-order valence-electron chi connectivity index (χ0n) is 19.6. The van der Waals surface area contributed by atoms with Crippen molar-refractivity contribution in [3.8, 4) is 34.5 Å². The molecule has 7 heteroatoms. The maximum Gasteiger partial charge on any atom is 0.261 e. The monoisotopic (exact) mass is 476 g/mol. The first-order valence-corrected chi connectivity index (χ1v) is 11.7. The number of amides is 1. The molecule has 0 saturated carbocycles. The zero-order chi connectivity index (χ0) is 24.7. The van der Waals surface area contributed by atoms with Crippen LogP contribution in [0.4, 0.5) is 0 Å². The number of nitrogens with one attached hydrogen (secondary N) is 1. The van der Waals surface area contributed by atoms with Crippen molar-refractivity contribution in [3.63, 3.8) is 0 Å². The van der Waals surface area contributed by atoms with Crippen molar-refractivity contribution >= 4 is 12.0 Å². The van der Waals surface area contributed by atoms with E-state index in [1.165, 1.54) is 0 Å². The number of benzene rings is 3. The summed E-state index contributed by atoms with van der Waals surface area (Å²) in [5.74, 6) is 0.899. The maximum absolute atomic E-state index is 12.8. The van der Waals surface area contributed by atoms with Crippen molar-refractivity contribution in [1.82, 2.24) is 15.1 Å². The molecule has 0 atom stereocenters. The minimum absolute atomic E-state index is 0.00877. The van der Waals surface area contributed by atoms with Gasteiger partial charge in [0.25, 0.3) is 5.91 Å². The number of fused-ring (bicyclic) bond motifs is 1. The summed E-state index contributed by atoms with van der Waals surface area (Å²) in [7, 11) is 0. The number of hydrogen-bond donors (Lipinski definition) is 1. The Balaban J connectivity index is 1.46. The van der Waals surface area contributed by atoms with E-state index in [1.54, 1.807) is 10.8 Å². The Morgan fingerprint density at radius 3 is 2.47 bits per heavy atom. The highest BCUT2D eigenvalue weighted by molar-refractivity contribution is 6.02. The van der Waals surface area contributed by atoms with Crippen LogP contribution in [0, 0.1) is 11.3 Å². The number of para-hydroxylation sites is 1. The number of rotatable bonds is 7. The number of carbonyl (C=O) groups is 1. The summed E-state index contributed by atoms with van der Waals surface area (Å²) in [6.07, 6.45) is 4.08. The molecular formula is C29H24N4O3. The van der Waals surface area contributed by atoms with Gasteiger partial charge in [-0.05, 0) is 48.4 Å². The molecule has 1 aliphatic heterocycles. The molecule has 0 saturated heterocycles. The Hall–Kier alpha value is -4.83. The van der Waals surface area contributed by atoms with Gasteiger partial charge < -0.3 is 14.8 Å². The maximum atomic E-state index is 12.8. The molecule has 1 aliphatic rings. The van der Waals surface area contributed by atoms with Gasteiger partial charge in [0.1, 0.15) is 30.6 Å². The van der Waals surface area contributed by atoms with E-state index >= 15 is 0 Å². The van der Waals surface area contributed by atoms with Gasteiger partial charge in [0, 0.05) is 23.9 Å². The lowest BCUT2D eigenvalue weighted by Crippen LogP contribution is -2.26. The molecule has 3 aromatic carbocycles. The van der Waals surface area contributed by atoms with E-state index in [0.717, 1.165) is 16.8 Å². The van der Waals surface area contributed by atoms with E-state index in [1.807, 2.05) is 91.1 Å². The normalized spacial score (nSPS) is 12.6. The van der Waals surface area contributed by atoms with Crippen molar-refractivity contribution in [2.45, 2.75) is 6.42 Å². The minimum atomic E-state index is -0.422. The smallest absolute Gasteiger partial charge is 0.261 e. The lowest BCUT2D eigenvalue weighted by molar-refractivity contribution is -0.117. The fourth-order valence-corrected chi connectivity index (χ4v) is 3.99. The zero-order valence-corrected chi connectivity index (χ0v) is 19.6. The van der Waals surface area contributed by atoms with Gasteiger partial charge in [0.05, 0.1) is 5.69 Å². The molecule has 0 radical (unpaired) electrons. The molecule has 7 nitrogen and oxygen atoms in total. The Bertz CT molecular complexity index is 1440. The molecule has 0 unspecified atom stereocenters. The van der Waals surface area contributed by atoms with Crippen LogP contribution in [0.15, 0.2) is 90.6 Å². The Kier molecular flexibility index (Phi) is 6.77. The summed E-state index contributed by atoms with van der Waals surface area (Å²) in [6.45, 7) is 1.41. The number of carbonyl (C=O) groups excluding carboxylic acids is 1. The topological polar surface area (TPSA) is 89.2 Å². The van der Waals surface area contributed by atoms with Gasteiger partial charge >= 0.3 is 0 Å². The number of nitrogens with zero attached hydrogens (tertiary/aromatic N) is 3. The van der Waals surface area contributed by atoms with E-state index in [9.17, 15) is 10.1 Å². The van der Waals surface area contributed by atoms with Crippen molar-refractivity contribution < 1.29 is 14.3 Å². The largest absolute Gasteiger partial charge is 0.486 e. The molecule has 4 aromatic rings. The van der Waals surface area contributed by atoms with E-state index in [-0.39, 0.29) is 5.57 Å². The number of nitriles is 1. The average Bonchev–Trinajstić information content (AvgIpc) is 3.36. The summed E-state index contributed by atoms with van der Waals surface area (Å²) in [6, 6.07) is 27.2. The second-order valence-corrected chi connectivity index (χ2v) is 8.23. The molecule has 0 aliphatic carbocycles.